The number of hydrogen-bond donors (Lipinski definition) is 1. The molecule has 0 aliphatic carbocycles. The van der Waals surface area contributed by atoms with Gasteiger partial charge in [-0.25, -0.2) is 8.42 Å². The largest absolute Gasteiger partial charge is 0.455 e. The molecule has 0 spiro atoms. The standard InChI is InChI=1S/C19H21NO5S2/c1-19(8-9-27(23,24)13-19)20-17(21)11-25-18(22)12-26-16-7-6-14-4-2-3-5-15(14)10-16/h2-7,10H,8-9,11-13H2,1H3,(H,20,21)/t19-/m0/s1. The van der Waals surface area contributed by atoms with Crippen molar-refractivity contribution in [3.8, 4) is 0 Å². The van der Waals surface area contributed by atoms with Gasteiger partial charge in [0, 0.05) is 4.90 Å². The van der Waals surface area contributed by atoms with Crippen LogP contribution in [0.3, 0.4) is 0 Å². The first-order chi connectivity index (χ1) is 12.7. The molecule has 27 heavy (non-hydrogen) atoms. The van der Waals surface area contributed by atoms with Crippen molar-refractivity contribution in [2.75, 3.05) is 23.9 Å². The Balaban J connectivity index is 1.44. The molecule has 1 aliphatic rings. The van der Waals surface area contributed by atoms with E-state index < -0.39 is 33.9 Å². The Kier molecular flexibility index (Phi) is 5.76. The molecule has 0 unspecified atom stereocenters. The van der Waals surface area contributed by atoms with Gasteiger partial charge in [0.2, 0.25) is 0 Å². The van der Waals surface area contributed by atoms with Gasteiger partial charge in [-0.3, -0.25) is 9.59 Å². The maximum Gasteiger partial charge on any atom is 0.316 e. The van der Waals surface area contributed by atoms with E-state index in [4.69, 9.17) is 4.74 Å². The second-order valence-electron chi connectivity index (χ2n) is 6.91. The highest BCUT2D eigenvalue weighted by Crippen LogP contribution is 2.24. The van der Waals surface area contributed by atoms with Crippen LogP contribution >= 0.6 is 11.8 Å². The Morgan fingerprint density at radius 3 is 2.63 bits per heavy atom. The monoisotopic (exact) mass is 407 g/mol. The molecule has 1 amide bonds. The van der Waals surface area contributed by atoms with Gasteiger partial charge in [0.1, 0.15) is 0 Å². The fraction of sp³-hybridized carbons (Fsp3) is 0.368. The number of nitrogens with one attached hydrogen (secondary N) is 1. The van der Waals surface area contributed by atoms with Crippen LogP contribution in [0.5, 0.6) is 0 Å². The highest BCUT2D eigenvalue weighted by molar-refractivity contribution is 8.00. The summed E-state index contributed by atoms with van der Waals surface area (Å²) < 4.78 is 28.1. The lowest BCUT2D eigenvalue weighted by molar-refractivity contribution is -0.146. The van der Waals surface area contributed by atoms with E-state index in [2.05, 4.69) is 5.32 Å². The van der Waals surface area contributed by atoms with Crippen LogP contribution in [0.15, 0.2) is 47.4 Å². The normalized spacial score (nSPS) is 21.1. The van der Waals surface area contributed by atoms with Crippen molar-refractivity contribution >= 4 is 44.2 Å². The van der Waals surface area contributed by atoms with Crippen molar-refractivity contribution in [1.29, 1.82) is 0 Å². The topological polar surface area (TPSA) is 89.5 Å². The predicted molar refractivity (Wildman–Crippen MR) is 105 cm³/mol. The number of fused-ring (bicyclic) bond motifs is 1. The predicted octanol–water partition coefficient (Wildman–Crippen LogP) is 2.17. The molecule has 0 aromatic heterocycles. The smallest absolute Gasteiger partial charge is 0.316 e. The summed E-state index contributed by atoms with van der Waals surface area (Å²) in [7, 11) is -3.11. The van der Waals surface area contributed by atoms with Crippen LogP contribution in [0.2, 0.25) is 0 Å². The Bertz CT molecular complexity index is 973. The molecular formula is C19H21NO5S2. The van der Waals surface area contributed by atoms with Crippen molar-refractivity contribution in [2.45, 2.75) is 23.8 Å². The van der Waals surface area contributed by atoms with E-state index in [0.29, 0.717) is 6.42 Å². The second-order valence-corrected chi connectivity index (χ2v) is 10.1. The lowest BCUT2D eigenvalue weighted by Crippen LogP contribution is -2.48. The summed E-state index contributed by atoms with van der Waals surface area (Å²) in [6, 6.07) is 13.9. The summed E-state index contributed by atoms with van der Waals surface area (Å²) in [4.78, 5) is 24.8. The van der Waals surface area contributed by atoms with Gasteiger partial charge in [-0.05, 0) is 36.2 Å². The third-order valence-electron chi connectivity index (χ3n) is 4.39. The number of benzene rings is 2. The van der Waals surface area contributed by atoms with Gasteiger partial charge in [-0.15, -0.1) is 11.8 Å². The molecule has 1 N–H and O–H groups in total. The Labute approximate surface area is 162 Å². The van der Waals surface area contributed by atoms with Gasteiger partial charge in [0.05, 0.1) is 22.8 Å². The lowest BCUT2D eigenvalue weighted by Gasteiger charge is -2.23. The number of hydrogen-bond acceptors (Lipinski definition) is 6. The highest BCUT2D eigenvalue weighted by Gasteiger charge is 2.39. The van der Waals surface area contributed by atoms with Gasteiger partial charge in [-0.1, -0.05) is 30.3 Å². The van der Waals surface area contributed by atoms with Gasteiger partial charge in [0.25, 0.3) is 5.91 Å². The average Bonchev–Trinajstić information content (AvgIpc) is 2.90. The van der Waals surface area contributed by atoms with Gasteiger partial charge >= 0.3 is 5.97 Å². The molecule has 1 heterocycles. The molecule has 0 bridgehead atoms. The van der Waals surface area contributed by atoms with Crippen molar-refractivity contribution in [3.05, 3.63) is 42.5 Å². The second kappa shape index (κ2) is 7.90. The van der Waals surface area contributed by atoms with Crippen LogP contribution in [0.25, 0.3) is 10.8 Å². The molecule has 6 nitrogen and oxygen atoms in total. The van der Waals surface area contributed by atoms with Gasteiger partial charge < -0.3 is 10.1 Å². The summed E-state index contributed by atoms with van der Waals surface area (Å²) in [6.07, 6.45) is 0.368. The molecule has 2 aromatic rings. The first-order valence-corrected chi connectivity index (χ1v) is 11.3. The Hall–Kier alpha value is -2.06. The average molecular weight is 408 g/mol. The van der Waals surface area contributed by atoms with Crippen molar-refractivity contribution < 1.29 is 22.7 Å². The van der Waals surface area contributed by atoms with E-state index in [0.717, 1.165) is 15.7 Å². The number of esters is 1. The van der Waals surface area contributed by atoms with Crippen LogP contribution in [0.4, 0.5) is 0 Å². The molecule has 1 fully saturated rings. The number of amides is 1. The zero-order chi connectivity index (χ0) is 19.5. The number of ether oxygens (including phenoxy) is 1. The minimum atomic E-state index is -3.11. The summed E-state index contributed by atoms with van der Waals surface area (Å²) in [6.45, 7) is 1.28. The molecule has 144 valence electrons. The Morgan fingerprint density at radius 2 is 1.93 bits per heavy atom. The molecule has 3 rings (SSSR count). The molecule has 8 heteroatoms. The number of sulfone groups is 1. The fourth-order valence-electron chi connectivity index (χ4n) is 3.07. The number of carbonyl (C=O) groups is 2. The molecule has 0 saturated carbocycles. The van der Waals surface area contributed by atoms with Gasteiger partial charge in [0.15, 0.2) is 16.4 Å². The third kappa shape index (κ3) is 5.46. The number of rotatable bonds is 6. The first-order valence-electron chi connectivity index (χ1n) is 8.53. The summed E-state index contributed by atoms with van der Waals surface area (Å²) >= 11 is 1.34. The maximum atomic E-state index is 12.0. The Morgan fingerprint density at radius 1 is 1.19 bits per heavy atom. The van der Waals surface area contributed by atoms with Crippen molar-refractivity contribution in [3.63, 3.8) is 0 Å². The molecule has 1 saturated heterocycles. The highest BCUT2D eigenvalue weighted by atomic mass is 32.2. The zero-order valence-corrected chi connectivity index (χ0v) is 16.6. The van der Waals surface area contributed by atoms with E-state index in [1.54, 1.807) is 6.92 Å². The SMILES string of the molecule is C[C@]1(NC(=O)COC(=O)CSc2ccc3ccccc3c2)CCS(=O)(=O)C1. The molecule has 2 aromatic carbocycles. The quantitative estimate of drug-likeness (QED) is 0.583. The molecular weight excluding hydrogens is 386 g/mol. The van der Waals surface area contributed by atoms with Gasteiger partial charge in [-0.2, -0.15) is 0 Å². The van der Waals surface area contributed by atoms with Crippen molar-refractivity contribution in [2.24, 2.45) is 0 Å². The minimum Gasteiger partial charge on any atom is -0.455 e. The third-order valence-corrected chi connectivity index (χ3v) is 7.26. The minimum absolute atomic E-state index is 0.0615. The van der Waals surface area contributed by atoms with E-state index >= 15 is 0 Å². The van der Waals surface area contributed by atoms with Crippen molar-refractivity contribution in [1.82, 2.24) is 5.32 Å². The van der Waals surface area contributed by atoms with Crippen LogP contribution in [-0.4, -0.2) is 49.7 Å². The van der Waals surface area contributed by atoms with E-state index in [-0.39, 0.29) is 17.3 Å². The van der Waals surface area contributed by atoms with Crippen LogP contribution < -0.4 is 5.32 Å². The van der Waals surface area contributed by atoms with E-state index in [9.17, 15) is 18.0 Å². The van der Waals surface area contributed by atoms with Crippen LogP contribution in [0.1, 0.15) is 13.3 Å². The zero-order valence-electron chi connectivity index (χ0n) is 14.9. The summed E-state index contributed by atoms with van der Waals surface area (Å²) in [5, 5.41) is 4.88. The van der Waals surface area contributed by atoms with Crippen LogP contribution in [0, 0.1) is 0 Å². The first kappa shape index (κ1) is 19.7. The maximum absolute atomic E-state index is 12.0. The number of thioether (sulfide) groups is 1. The molecule has 1 aliphatic heterocycles. The summed E-state index contributed by atoms with van der Waals surface area (Å²) in [5.74, 6) is -0.910. The number of carbonyl (C=O) groups excluding carboxylic acids is 2. The molecule has 1 atom stereocenters. The van der Waals surface area contributed by atoms with E-state index in [1.165, 1.54) is 11.8 Å². The summed E-state index contributed by atoms with van der Waals surface area (Å²) in [5.41, 5.74) is -0.790. The molecule has 0 radical (unpaired) electrons. The van der Waals surface area contributed by atoms with Crippen LogP contribution in [-0.2, 0) is 24.2 Å². The lowest BCUT2D eigenvalue weighted by atomic mass is 10.0. The van der Waals surface area contributed by atoms with E-state index in [1.807, 2.05) is 42.5 Å². The fourth-order valence-corrected chi connectivity index (χ4v) is 5.90.